The zero-order chi connectivity index (χ0) is 21.1. The Morgan fingerprint density at radius 1 is 1.17 bits per heavy atom. The van der Waals surface area contributed by atoms with Gasteiger partial charge in [0, 0.05) is 12.3 Å². The van der Waals surface area contributed by atoms with Crippen LogP contribution in [0.25, 0.3) is 5.69 Å². The van der Waals surface area contributed by atoms with E-state index in [-0.39, 0.29) is 28.3 Å². The number of hydrogen-bond donors (Lipinski definition) is 4. The number of aromatic nitrogens is 2. The second kappa shape index (κ2) is 7.72. The van der Waals surface area contributed by atoms with Crippen LogP contribution >= 0.6 is 0 Å². The number of aromatic hydroxyl groups is 2. The summed E-state index contributed by atoms with van der Waals surface area (Å²) < 4.78 is 6.03. The summed E-state index contributed by atoms with van der Waals surface area (Å²) >= 11 is 0. The maximum atomic E-state index is 12.3. The molecule has 0 amide bonds. The number of carbonyl (C=O) groups is 1. The van der Waals surface area contributed by atoms with Crippen LogP contribution in [0, 0.1) is 0 Å². The lowest BCUT2D eigenvalue weighted by molar-refractivity contribution is 0.0694. The summed E-state index contributed by atoms with van der Waals surface area (Å²) in [5.41, 5.74) is -2.06. The number of nitrogens with one attached hydrogen (secondary N) is 1. The van der Waals surface area contributed by atoms with Gasteiger partial charge >= 0.3 is 11.7 Å². The Morgan fingerprint density at radius 2 is 1.90 bits per heavy atom. The zero-order valence-electron chi connectivity index (χ0n) is 15.0. The smallest absolute Gasteiger partial charge is 0.339 e. The number of phenols is 1. The maximum Gasteiger partial charge on any atom is 0.339 e. The quantitative estimate of drug-likeness (QED) is 0.474. The van der Waals surface area contributed by atoms with Crippen molar-refractivity contribution in [3.05, 3.63) is 74.4 Å². The van der Waals surface area contributed by atoms with E-state index in [4.69, 9.17) is 9.84 Å². The molecule has 0 radical (unpaired) electrons. The van der Waals surface area contributed by atoms with Gasteiger partial charge in [-0.3, -0.25) is 14.8 Å². The molecule has 0 atom stereocenters. The van der Waals surface area contributed by atoms with Crippen molar-refractivity contribution in [3.63, 3.8) is 0 Å². The monoisotopic (exact) mass is 397 g/mol. The van der Waals surface area contributed by atoms with Gasteiger partial charge in [-0.2, -0.15) is 0 Å². The van der Waals surface area contributed by atoms with Crippen LogP contribution in [0.2, 0.25) is 0 Å². The summed E-state index contributed by atoms with van der Waals surface area (Å²) in [6.45, 7) is 0. The molecule has 0 bridgehead atoms. The molecule has 148 valence electrons. The Labute approximate surface area is 162 Å². The lowest BCUT2D eigenvalue weighted by atomic mass is 10.2. The molecule has 10 heteroatoms. The molecule has 0 saturated carbocycles. The molecule has 2 aromatic carbocycles. The van der Waals surface area contributed by atoms with Gasteiger partial charge in [-0.05, 0) is 24.3 Å². The van der Waals surface area contributed by atoms with Gasteiger partial charge in [0.05, 0.1) is 18.5 Å². The van der Waals surface area contributed by atoms with E-state index in [1.165, 1.54) is 19.2 Å². The predicted molar refractivity (Wildman–Crippen MR) is 103 cm³/mol. The lowest BCUT2D eigenvalue weighted by Gasteiger charge is -2.12. The number of rotatable bonds is 5. The number of aromatic carboxylic acids is 1. The molecule has 0 spiro atoms. The number of hydrogen-bond acceptors (Lipinski definition) is 7. The number of methoxy groups -OCH3 is 1. The van der Waals surface area contributed by atoms with Crippen molar-refractivity contribution in [1.82, 2.24) is 9.55 Å². The summed E-state index contributed by atoms with van der Waals surface area (Å²) in [4.78, 5) is 41.4. The molecule has 29 heavy (non-hydrogen) atoms. The molecule has 0 saturated heterocycles. The van der Waals surface area contributed by atoms with Crippen molar-refractivity contribution in [3.8, 4) is 23.1 Å². The van der Waals surface area contributed by atoms with E-state index in [0.29, 0.717) is 0 Å². The van der Waals surface area contributed by atoms with Gasteiger partial charge in [-0.25, -0.2) is 14.2 Å². The minimum atomic E-state index is -1.31. The summed E-state index contributed by atoms with van der Waals surface area (Å²) in [5, 5.41) is 29.2. The molecule has 1 aromatic heterocycles. The Hall–Kier alpha value is -4.34. The highest BCUT2D eigenvalue weighted by molar-refractivity contribution is 5.91. The van der Waals surface area contributed by atoms with E-state index in [9.17, 15) is 24.6 Å². The van der Waals surface area contributed by atoms with Gasteiger partial charge in [-0.15, -0.1) is 0 Å². The first-order valence-corrected chi connectivity index (χ1v) is 8.15. The van der Waals surface area contributed by atoms with Crippen LogP contribution in [0.1, 0.15) is 15.9 Å². The number of ether oxygens (including phenoxy) is 1. The third-order valence-electron chi connectivity index (χ3n) is 4.00. The number of nitrogens with zero attached hydrogens (tertiary/aromatic N) is 2. The number of aliphatic imine (C=N–C) groups is 1. The topological polar surface area (TPSA) is 154 Å². The van der Waals surface area contributed by atoms with Crippen LogP contribution in [0.5, 0.6) is 17.4 Å². The first-order chi connectivity index (χ1) is 13.8. The summed E-state index contributed by atoms with van der Waals surface area (Å²) in [6.07, 6.45) is 0.995. The first-order valence-electron chi connectivity index (χ1n) is 8.15. The van der Waals surface area contributed by atoms with Gasteiger partial charge in [0.15, 0.2) is 0 Å². The van der Waals surface area contributed by atoms with Crippen LogP contribution in [0.4, 0.5) is 5.69 Å². The predicted octanol–water partition coefficient (Wildman–Crippen LogP) is 1.39. The molecule has 0 unspecified atom stereocenters. The molecule has 0 aliphatic rings. The number of para-hydroxylation sites is 2. The second-order valence-electron chi connectivity index (χ2n) is 5.77. The molecule has 0 aliphatic carbocycles. The Bertz CT molecular complexity index is 1240. The molecule has 0 fully saturated rings. The third kappa shape index (κ3) is 3.72. The molecule has 4 N–H and O–H groups in total. The molecule has 3 rings (SSSR count). The number of carboxylic acids is 1. The van der Waals surface area contributed by atoms with Crippen LogP contribution in [0.3, 0.4) is 0 Å². The van der Waals surface area contributed by atoms with Gasteiger partial charge < -0.3 is 20.1 Å². The van der Waals surface area contributed by atoms with E-state index >= 15 is 0 Å². The molecule has 1 heterocycles. The fraction of sp³-hybridized carbons (Fsp3) is 0.0526. The summed E-state index contributed by atoms with van der Waals surface area (Å²) in [7, 11) is 1.39. The van der Waals surface area contributed by atoms with E-state index in [0.717, 1.165) is 22.9 Å². The van der Waals surface area contributed by atoms with Crippen LogP contribution in [0.15, 0.2) is 57.0 Å². The minimum Gasteiger partial charge on any atom is -0.507 e. The normalized spacial score (nSPS) is 10.9. The van der Waals surface area contributed by atoms with Gasteiger partial charge in [-0.1, -0.05) is 12.1 Å². The second-order valence-corrected chi connectivity index (χ2v) is 5.77. The number of H-pyrrole nitrogens is 1. The van der Waals surface area contributed by atoms with Gasteiger partial charge in [0.2, 0.25) is 5.88 Å². The lowest BCUT2D eigenvalue weighted by Crippen LogP contribution is -2.31. The molecule has 3 aromatic rings. The fourth-order valence-corrected chi connectivity index (χ4v) is 2.61. The largest absolute Gasteiger partial charge is 0.507 e. The van der Waals surface area contributed by atoms with Crippen molar-refractivity contribution in [2.24, 2.45) is 4.99 Å². The molecular formula is C19H15N3O7. The molecular weight excluding hydrogens is 382 g/mol. The highest BCUT2D eigenvalue weighted by Gasteiger charge is 2.17. The third-order valence-corrected chi connectivity index (χ3v) is 4.00. The van der Waals surface area contributed by atoms with Crippen LogP contribution in [-0.4, -0.2) is 44.2 Å². The maximum absolute atomic E-state index is 12.3. The Kier molecular flexibility index (Phi) is 5.17. The van der Waals surface area contributed by atoms with E-state index in [2.05, 4.69) is 9.98 Å². The van der Waals surface area contributed by atoms with Gasteiger partial charge in [0.25, 0.3) is 5.56 Å². The van der Waals surface area contributed by atoms with Crippen molar-refractivity contribution < 1.29 is 24.9 Å². The molecule has 0 aliphatic heterocycles. The average Bonchev–Trinajstić information content (AvgIpc) is 2.67. The van der Waals surface area contributed by atoms with Crippen molar-refractivity contribution >= 4 is 17.9 Å². The summed E-state index contributed by atoms with van der Waals surface area (Å²) in [6, 6.07) is 9.92. The first kappa shape index (κ1) is 19.4. The van der Waals surface area contributed by atoms with Crippen molar-refractivity contribution in [2.45, 2.75) is 0 Å². The molecule has 10 nitrogen and oxygen atoms in total. The Morgan fingerprint density at radius 3 is 2.55 bits per heavy atom. The highest BCUT2D eigenvalue weighted by atomic mass is 16.5. The van der Waals surface area contributed by atoms with E-state index in [1.807, 2.05) is 0 Å². The van der Waals surface area contributed by atoms with Gasteiger partial charge in [0.1, 0.15) is 22.6 Å². The highest BCUT2D eigenvalue weighted by Crippen LogP contribution is 2.26. The average molecular weight is 397 g/mol. The summed E-state index contributed by atoms with van der Waals surface area (Å²) in [5.74, 6) is -2.20. The van der Waals surface area contributed by atoms with Crippen LogP contribution < -0.4 is 16.0 Å². The van der Waals surface area contributed by atoms with E-state index in [1.54, 1.807) is 18.2 Å². The Balaban J connectivity index is 2.11. The van der Waals surface area contributed by atoms with Crippen molar-refractivity contribution in [2.75, 3.05) is 7.11 Å². The zero-order valence-corrected chi connectivity index (χ0v) is 15.0. The minimum absolute atomic E-state index is 0.126. The van der Waals surface area contributed by atoms with Crippen molar-refractivity contribution in [1.29, 1.82) is 0 Å². The van der Waals surface area contributed by atoms with Crippen LogP contribution in [-0.2, 0) is 0 Å². The fourth-order valence-electron chi connectivity index (χ4n) is 2.61. The number of benzene rings is 2. The van der Waals surface area contributed by atoms with E-state index < -0.39 is 28.8 Å². The number of aromatic amines is 1. The number of carboxylic acid groups (broad SMARTS) is 1. The SMILES string of the molecule is COc1ccccc1-n1c(O)c(C=Nc2ccc(C(=O)O)c(O)c2)c(=O)[nH]c1=O. The standard InChI is InChI=1S/C19H15N3O7/c1-29-15-5-3-2-4-13(15)22-17(25)12(16(24)21-19(22)28)9-20-10-6-7-11(18(26)27)14(23)8-10/h2-9,23,25H,1H3,(H,26,27)(H,21,24,28).